The Morgan fingerprint density at radius 2 is 1.59 bits per heavy atom. The topological polar surface area (TPSA) is 9.23 Å². The fourth-order valence-corrected chi connectivity index (χ4v) is 11.9. The number of benzene rings is 1. The number of hydrogen-bond acceptors (Lipinski definition) is 1. The van der Waals surface area contributed by atoms with Gasteiger partial charge in [0.15, 0.2) is 0 Å². The molecule has 1 atom stereocenters. The van der Waals surface area contributed by atoms with Gasteiger partial charge in [-0.15, -0.1) is 0 Å². The van der Waals surface area contributed by atoms with Crippen molar-refractivity contribution in [3.05, 3.63) is 47.5 Å². The van der Waals surface area contributed by atoms with Gasteiger partial charge in [0.05, 0.1) is 6.10 Å². The number of hydrogen-bond donors (Lipinski definition) is 0. The quantitative estimate of drug-likeness (QED) is 0.332. The van der Waals surface area contributed by atoms with Crippen molar-refractivity contribution >= 4 is 18.1 Å². The highest BCUT2D eigenvalue weighted by Gasteiger charge is 2.25. The molecule has 0 aliphatic heterocycles. The van der Waals surface area contributed by atoms with Crippen LogP contribution in [0.25, 0.3) is 0 Å². The summed E-state index contributed by atoms with van der Waals surface area (Å²) in [6.45, 7) is 4.79. The molecule has 0 spiro atoms. The first-order valence-corrected chi connectivity index (χ1v) is 18.8. The molecular formula is C26H44OSi2. The van der Waals surface area contributed by atoms with Crippen LogP contribution in [0, 0.1) is 11.8 Å². The van der Waals surface area contributed by atoms with E-state index in [-0.39, 0.29) is 6.10 Å². The maximum Gasteiger partial charge on any atom is 0.0823 e. The fraction of sp³-hybridized carbons (Fsp3) is 0.692. The summed E-state index contributed by atoms with van der Waals surface area (Å²) in [6.07, 6.45) is 19.3. The van der Waals surface area contributed by atoms with E-state index >= 15 is 0 Å². The van der Waals surface area contributed by atoms with Crippen LogP contribution in [0.2, 0.25) is 12.1 Å². The third kappa shape index (κ3) is 6.67. The van der Waals surface area contributed by atoms with E-state index in [0.717, 1.165) is 24.2 Å². The largest absolute Gasteiger partial charge is 0.377 e. The summed E-state index contributed by atoms with van der Waals surface area (Å²) in [5.74, 6) is 2.44. The molecule has 0 amide bonds. The van der Waals surface area contributed by atoms with Crippen LogP contribution in [-0.2, 0) is 4.74 Å². The summed E-state index contributed by atoms with van der Waals surface area (Å²) in [5.41, 5.74) is 4.24. The molecule has 1 aromatic rings. The second-order valence-corrected chi connectivity index (χ2v) is 17.2. The van der Waals surface area contributed by atoms with Crippen molar-refractivity contribution in [1.29, 1.82) is 0 Å². The first-order chi connectivity index (χ1) is 14.2. The van der Waals surface area contributed by atoms with Gasteiger partial charge in [0, 0.05) is 25.2 Å². The van der Waals surface area contributed by atoms with Crippen LogP contribution < -0.4 is 0 Å². The molecule has 0 saturated heterocycles. The average Bonchev–Trinajstić information content (AvgIpc) is 2.78. The summed E-state index contributed by atoms with van der Waals surface area (Å²) in [5, 5.41) is 0. The molecule has 2 aliphatic rings. The molecule has 1 unspecified atom stereocenters. The van der Waals surface area contributed by atoms with Gasteiger partial charge in [-0.3, -0.25) is 0 Å². The average molecular weight is 429 g/mol. The Labute approximate surface area is 184 Å². The van der Waals surface area contributed by atoms with Gasteiger partial charge in [0.2, 0.25) is 0 Å². The predicted molar refractivity (Wildman–Crippen MR) is 134 cm³/mol. The Kier molecular flexibility index (Phi) is 9.74. The van der Waals surface area contributed by atoms with E-state index in [1.54, 1.807) is 18.4 Å². The zero-order chi connectivity index (χ0) is 20.5. The van der Waals surface area contributed by atoms with Crippen LogP contribution in [0.1, 0.15) is 94.3 Å². The van der Waals surface area contributed by atoms with E-state index in [1.165, 1.54) is 56.1 Å². The van der Waals surface area contributed by atoms with Crippen molar-refractivity contribution in [2.24, 2.45) is 11.8 Å². The van der Waals surface area contributed by atoms with E-state index in [9.17, 15) is 0 Å². The van der Waals surface area contributed by atoms with Crippen molar-refractivity contribution < 1.29 is 4.74 Å². The molecular weight excluding hydrogens is 384 g/mol. The monoisotopic (exact) mass is 428 g/mol. The molecule has 2 fully saturated rings. The normalized spacial score (nSPS) is 30.0. The Morgan fingerprint density at radius 3 is 2.17 bits per heavy atom. The van der Waals surface area contributed by atoms with Gasteiger partial charge in [-0.2, -0.15) is 0 Å². The van der Waals surface area contributed by atoms with Gasteiger partial charge in [-0.25, -0.2) is 0 Å². The summed E-state index contributed by atoms with van der Waals surface area (Å²) >= 11 is 0. The second kappa shape index (κ2) is 12.3. The number of methoxy groups -OCH3 is 1. The SMILES string of the molecule is CCCC(OC)c1ccccc1[C@H]1CC[C@H](C=C[C@H]2CC[C@H]([SiH2][SiH2]C)CC2)CC1. The van der Waals surface area contributed by atoms with E-state index in [4.69, 9.17) is 4.74 Å². The standard InChI is InChI=1S/C26H44OSi2/c1-4-7-26(27-2)25-9-6-5-8-24(25)22-16-12-20(13-17-22)10-11-21-14-18-23(19-15-21)29-28-3/h5-6,8-11,20-23,26H,4,7,12-19,28-29H2,1-3H3/t20-,21-,22-,23-,26?. The zero-order valence-electron chi connectivity index (χ0n) is 19.2. The lowest BCUT2D eigenvalue weighted by molar-refractivity contribution is 0.0936. The molecule has 2 aliphatic carbocycles. The maximum absolute atomic E-state index is 5.85. The molecule has 162 valence electrons. The maximum atomic E-state index is 5.85. The minimum absolute atomic E-state index is 0.266. The first kappa shape index (κ1) is 23.0. The van der Waals surface area contributed by atoms with Gasteiger partial charge in [0.1, 0.15) is 0 Å². The molecule has 1 aromatic carbocycles. The van der Waals surface area contributed by atoms with Crippen molar-refractivity contribution in [3.63, 3.8) is 0 Å². The van der Waals surface area contributed by atoms with Gasteiger partial charge in [-0.1, -0.05) is 74.7 Å². The van der Waals surface area contributed by atoms with Crippen LogP contribution in [-0.4, -0.2) is 25.2 Å². The Bertz CT molecular complexity index is 613. The lowest BCUT2D eigenvalue weighted by Gasteiger charge is -2.31. The number of ether oxygens (including phenoxy) is 1. The van der Waals surface area contributed by atoms with Gasteiger partial charge < -0.3 is 4.74 Å². The Hall–Kier alpha value is -0.646. The van der Waals surface area contributed by atoms with Gasteiger partial charge in [-0.05, 0) is 73.8 Å². The second-order valence-electron chi connectivity index (χ2n) is 9.71. The highest BCUT2D eigenvalue weighted by atomic mass is 29.1. The summed E-state index contributed by atoms with van der Waals surface area (Å²) in [6, 6.07) is 9.10. The van der Waals surface area contributed by atoms with Crippen LogP contribution >= 0.6 is 0 Å². The summed E-state index contributed by atoms with van der Waals surface area (Å²) < 4.78 is 5.85. The molecule has 0 heterocycles. The number of rotatable bonds is 9. The van der Waals surface area contributed by atoms with E-state index in [0.29, 0.717) is 18.1 Å². The molecule has 0 aromatic heterocycles. The summed E-state index contributed by atoms with van der Waals surface area (Å²) in [7, 11) is 2.65. The lowest BCUT2D eigenvalue weighted by Crippen LogP contribution is -2.17. The predicted octanol–water partition coefficient (Wildman–Crippen LogP) is 6.28. The molecule has 3 heteroatoms. The molecule has 3 rings (SSSR count). The highest BCUT2D eigenvalue weighted by Crippen LogP contribution is 2.40. The number of allylic oxidation sites excluding steroid dienone is 2. The molecule has 0 radical (unpaired) electrons. The molecule has 1 nitrogen and oxygen atoms in total. The molecule has 0 bridgehead atoms. The van der Waals surface area contributed by atoms with Crippen LogP contribution in [0.4, 0.5) is 0 Å². The van der Waals surface area contributed by atoms with E-state index in [2.05, 4.69) is 49.9 Å². The molecule has 2 saturated carbocycles. The van der Waals surface area contributed by atoms with Gasteiger partial charge >= 0.3 is 0 Å². The highest BCUT2D eigenvalue weighted by molar-refractivity contribution is 7.00. The third-order valence-electron chi connectivity index (χ3n) is 7.63. The van der Waals surface area contributed by atoms with Crippen molar-refractivity contribution in [2.45, 2.75) is 95.2 Å². The Balaban J connectivity index is 1.51. The molecule has 0 N–H and O–H groups in total. The van der Waals surface area contributed by atoms with Crippen molar-refractivity contribution in [2.75, 3.05) is 7.11 Å². The third-order valence-corrected chi connectivity index (χ3v) is 14.0. The van der Waals surface area contributed by atoms with E-state index in [1.807, 2.05) is 7.11 Å². The zero-order valence-corrected chi connectivity index (χ0v) is 22.1. The smallest absolute Gasteiger partial charge is 0.0823 e. The first-order valence-electron chi connectivity index (χ1n) is 12.5. The Morgan fingerprint density at radius 1 is 0.966 bits per heavy atom. The summed E-state index contributed by atoms with van der Waals surface area (Å²) in [4.78, 5) is 0. The minimum atomic E-state index is 0.266. The molecule has 29 heavy (non-hydrogen) atoms. The lowest BCUT2D eigenvalue weighted by atomic mass is 9.76. The van der Waals surface area contributed by atoms with Crippen molar-refractivity contribution in [3.8, 4) is 0 Å². The fourth-order valence-electron chi connectivity index (χ4n) is 5.85. The van der Waals surface area contributed by atoms with E-state index < -0.39 is 0 Å². The van der Waals surface area contributed by atoms with Crippen molar-refractivity contribution in [1.82, 2.24) is 0 Å². The van der Waals surface area contributed by atoms with Crippen LogP contribution in [0.5, 0.6) is 0 Å². The van der Waals surface area contributed by atoms with Gasteiger partial charge in [0.25, 0.3) is 0 Å². The van der Waals surface area contributed by atoms with Crippen LogP contribution in [0.15, 0.2) is 36.4 Å². The minimum Gasteiger partial charge on any atom is -0.377 e. The van der Waals surface area contributed by atoms with Crippen LogP contribution in [0.3, 0.4) is 0 Å².